The minimum absolute atomic E-state index is 0.0675. The van der Waals surface area contributed by atoms with Crippen molar-refractivity contribution < 1.29 is 14.4 Å². The van der Waals surface area contributed by atoms with Crippen LogP contribution >= 0.6 is 0 Å². The van der Waals surface area contributed by atoms with E-state index in [0.717, 1.165) is 0 Å². The van der Waals surface area contributed by atoms with Crippen molar-refractivity contribution in [3.8, 4) is 11.5 Å². The second kappa shape index (κ2) is 3.51. The van der Waals surface area contributed by atoms with E-state index < -0.39 is 16.1 Å². The maximum absolute atomic E-state index is 10.8. The topological polar surface area (TPSA) is 87.6 Å². The molecule has 1 aromatic carbocycles. The van der Waals surface area contributed by atoms with E-state index in [1.54, 1.807) is 0 Å². The second-order valence-electron chi connectivity index (χ2n) is 5.34. The van der Waals surface area contributed by atoms with Crippen LogP contribution in [0.4, 0.5) is 11.4 Å². The van der Waals surface area contributed by atoms with E-state index in [0.29, 0.717) is 11.5 Å². The van der Waals surface area contributed by atoms with Gasteiger partial charge in [0.1, 0.15) is 16.9 Å². The van der Waals surface area contributed by atoms with Crippen LogP contribution in [-0.4, -0.2) is 16.1 Å². The second-order valence-corrected chi connectivity index (χ2v) is 5.34. The first-order valence-corrected chi connectivity index (χ1v) is 5.60. The Balaban J connectivity index is 2.55. The number of nitrogens with zero attached hydrogens (tertiary/aromatic N) is 1. The Kier molecular flexibility index (Phi) is 2.43. The van der Waals surface area contributed by atoms with Crippen molar-refractivity contribution in [1.82, 2.24) is 0 Å². The maximum Gasteiger partial charge on any atom is 0.296 e. The predicted octanol–water partition coefficient (Wildman–Crippen LogP) is 2.51. The summed E-state index contributed by atoms with van der Waals surface area (Å²) in [6.07, 6.45) is 0. The summed E-state index contributed by atoms with van der Waals surface area (Å²) in [6, 6.07) is 2.74. The molecule has 2 N–H and O–H groups in total. The minimum Gasteiger partial charge on any atom is -0.480 e. The van der Waals surface area contributed by atoms with Crippen LogP contribution in [-0.2, 0) is 0 Å². The van der Waals surface area contributed by atoms with Gasteiger partial charge in [0.15, 0.2) is 11.5 Å². The zero-order chi connectivity index (χ0) is 13.7. The van der Waals surface area contributed by atoms with Crippen molar-refractivity contribution in [3.05, 3.63) is 22.2 Å². The van der Waals surface area contributed by atoms with Crippen LogP contribution in [0.25, 0.3) is 0 Å². The van der Waals surface area contributed by atoms with E-state index in [1.165, 1.54) is 12.1 Å². The maximum atomic E-state index is 10.8. The first-order valence-electron chi connectivity index (χ1n) is 5.60. The van der Waals surface area contributed by atoms with Crippen LogP contribution in [0.2, 0.25) is 0 Å². The number of hydrogen-bond donors (Lipinski definition) is 1. The smallest absolute Gasteiger partial charge is 0.296 e. The van der Waals surface area contributed by atoms with Gasteiger partial charge in [-0.15, -0.1) is 0 Å². The fourth-order valence-corrected chi connectivity index (χ4v) is 1.68. The lowest BCUT2D eigenvalue weighted by Crippen LogP contribution is -2.56. The standard InChI is InChI=1S/C12H16N2O4/c1-11(2)12(3,4)18-10-6-8(14(15)16)7(13)5-9(10)17-11/h5-6H,13H2,1-4H3. The minimum atomic E-state index is -0.593. The fraction of sp³-hybridized carbons (Fsp3) is 0.500. The number of benzene rings is 1. The molecule has 6 heteroatoms. The average molecular weight is 252 g/mol. The van der Waals surface area contributed by atoms with E-state index in [-0.39, 0.29) is 11.4 Å². The van der Waals surface area contributed by atoms with Gasteiger partial charge in [-0.2, -0.15) is 0 Å². The fourth-order valence-electron chi connectivity index (χ4n) is 1.68. The van der Waals surface area contributed by atoms with Crippen LogP contribution in [0.3, 0.4) is 0 Å². The predicted molar refractivity (Wildman–Crippen MR) is 66.9 cm³/mol. The van der Waals surface area contributed by atoms with E-state index >= 15 is 0 Å². The summed E-state index contributed by atoms with van der Waals surface area (Å²) in [4.78, 5) is 10.3. The summed E-state index contributed by atoms with van der Waals surface area (Å²) in [7, 11) is 0. The molecule has 0 saturated heterocycles. The molecule has 2 rings (SSSR count). The molecular weight excluding hydrogens is 236 g/mol. The summed E-state index contributed by atoms with van der Waals surface area (Å²) in [5.74, 6) is 0.780. The molecule has 0 spiro atoms. The SMILES string of the molecule is CC1(C)Oc2cc(N)c([N+](=O)[O-])cc2OC1(C)C. The molecule has 18 heavy (non-hydrogen) atoms. The van der Waals surface area contributed by atoms with Crippen LogP contribution < -0.4 is 15.2 Å². The molecule has 1 aliphatic heterocycles. The third kappa shape index (κ3) is 1.73. The molecule has 1 aromatic rings. The number of fused-ring (bicyclic) bond motifs is 1. The summed E-state index contributed by atoms with van der Waals surface area (Å²) in [6.45, 7) is 7.54. The Morgan fingerprint density at radius 3 is 2.00 bits per heavy atom. The zero-order valence-corrected chi connectivity index (χ0v) is 10.8. The molecule has 6 nitrogen and oxygen atoms in total. The Morgan fingerprint density at radius 1 is 1.11 bits per heavy atom. The van der Waals surface area contributed by atoms with Gasteiger partial charge in [-0.25, -0.2) is 0 Å². The average Bonchev–Trinajstić information content (AvgIpc) is 2.18. The number of nitrogen functional groups attached to an aromatic ring is 1. The number of ether oxygens (including phenoxy) is 2. The molecule has 0 aliphatic carbocycles. The summed E-state index contributed by atoms with van der Waals surface area (Å²) >= 11 is 0. The molecule has 0 saturated carbocycles. The van der Waals surface area contributed by atoms with Crippen LogP contribution in [0.5, 0.6) is 11.5 Å². The Morgan fingerprint density at radius 2 is 1.56 bits per heavy atom. The summed E-state index contributed by atoms with van der Waals surface area (Å²) in [5.41, 5.74) is 4.37. The van der Waals surface area contributed by atoms with Gasteiger partial charge in [0.05, 0.1) is 11.0 Å². The van der Waals surface area contributed by atoms with Crippen molar-refractivity contribution in [1.29, 1.82) is 0 Å². The highest BCUT2D eigenvalue weighted by Gasteiger charge is 2.46. The highest BCUT2D eigenvalue weighted by atomic mass is 16.6. The molecule has 0 aromatic heterocycles. The lowest BCUT2D eigenvalue weighted by Gasteiger charge is -2.45. The van der Waals surface area contributed by atoms with Crippen LogP contribution in [0.15, 0.2) is 12.1 Å². The highest BCUT2D eigenvalue weighted by molar-refractivity contribution is 5.66. The van der Waals surface area contributed by atoms with Gasteiger partial charge >= 0.3 is 0 Å². The summed E-state index contributed by atoms with van der Waals surface area (Å²) in [5, 5.41) is 10.8. The Hall–Kier alpha value is -1.98. The summed E-state index contributed by atoms with van der Waals surface area (Å²) < 4.78 is 11.6. The first-order chi connectivity index (χ1) is 8.14. The number of hydrogen-bond acceptors (Lipinski definition) is 5. The Bertz CT molecular complexity index is 523. The Labute approximate surface area is 105 Å². The van der Waals surface area contributed by atoms with E-state index in [2.05, 4.69) is 0 Å². The van der Waals surface area contributed by atoms with Gasteiger partial charge in [0.2, 0.25) is 0 Å². The molecule has 0 bridgehead atoms. The quantitative estimate of drug-likeness (QED) is 0.471. The van der Waals surface area contributed by atoms with Gasteiger partial charge in [0, 0.05) is 6.07 Å². The molecule has 0 radical (unpaired) electrons. The largest absolute Gasteiger partial charge is 0.480 e. The lowest BCUT2D eigenvalue weighted by molar-refractivity contribution is -0.384. The lowest BCUT2D eigenvalue weighted by atomic mass is 9.88. The van der Waals surface area contributed by atoms with Crippen molar-refractivity contribution in [2.24, 2.45) is 0 Å². The van der Waals surface area contributed by atoms with Crippen molar-refractivity contribution in [3.63, 3.8) is 0 Å². The van der Waals surface area contributed by atoms with Crippen molar-refractivity contribution in [2.75, 3.05) is 5.73 Å². The van der Waals surface area contributed by atoms with Gasteiger partial charge < -0.3 is 15.2 Å². The molecular formula is C12H16N2O4. The third-order valence-corrected chi connectivity index (χ3v) is 3.47. The first kappa shape index (κ1) is 12.5. The van der Waals surface area contributed by atoms with Crippen molar-refractivity contribution in [2.45, 2.75) is 38.9 Å². The van der Waals surface area contributed by atoms with Crippen LogP contribution in [0, 0.1) is 10.1 Å². The van der Waals surface area contributed by atoms with Gasteiger partial charge in [-0.05, 0) is 27.7 Å². The number of nitrogens with two attached hydrogens (primary N) is 1. The molecule has 1 heterocycles. The van der Waals surface area contributed by atoms with E-state index in [4.69, 9.17) is 15.2 Å². The monoisotopic (exact) mass is 252 g/mol. The number of nitro groups is 1. The van der Waals surface area contributed by atoms with Crippen LogP contribution in [0.1, 0.15) is 27.7 Å². The highest BCUT2D eigenvalue weighted by Crippen LogP contribution is 2.46. The normalized spacial score (nSPS) is 19.3. The number of rotatable bonds is 1. The number of nitro benzene ring substituents is 1. The van der Waals surface area contributed by atoms with E-state index in [1.807, 2.05) is 27.7 Å². The molecule has 0 amide bonds. The molecule has 1 aliphatic rings. The van der Waals surface area contributed by atoms with E-state index in [9.17, 15) is 10.1 Å². The molecule has 0 unspecified atom stereocenters. The third-order valence-electron chi connectivity index (χ3n) is 3.47. The molecule has 98 valence electrons. The van der Waals surface area contributed by atoms with Gasteiger partial charge in [0.25, 0.3) is 5.69 Å². The number of anilines is 1. The molecule has 0 fully saturated rings. The zero-order valence-electron chi connectivity index (χ0n) is 10.8. The molecule has 0 atom stereocenters. The van der Waals surface area contributed by atoms with Gasteiger partial charge in [-0.1, -0.05) is 0 Å². The van der Waals surface area contributed by atoms with Crippen molar-refractivity contribution >= 4 is 11.4 Å². The van der Waals surface area contributed by atoms with Gasteiger partial charge in [-0.3, -0.25) is 10.1 Å².